The molecule has 3 saturated heterocycles. The molecule has 38 heteroatoms. The number of piperidine rings is 1. The van der Waals surface area contributed by atoms with Crippen molar-refractivity contribution in [3.8, 4) is 11.3 Å². The van der Waals surface area contributed by atoms with Crippen molar-refractivity contribution >= 4 is 87.2 Å². The number of rotatable bonds is 31. The summed E-state index contributed by atoms with van der Waals surface area (Å²) < 4.78 is 72.8. The number of ketones is 2. The summed E-state index contributed by atoms with van der Waals surface area (Å²) >= 11 is 0. The van der Waals surface area contributed by atoms with E-state index in [1.54, 1.807) is 53.6 Å². The normalized spacial score (nSPS) is 26.9. The number of esters is 1. The Morgan fingerprint density at radius 2 is 1.38 bits per heavy atom. The van der Waals surface area contributed by atoms with Gasteiger partial charge in [-0.25, -0.2) is 44.2 Å². The number of aliphatic hydroxyl groups excluding tert-OH is 1. The van der Waals surface area contributed by atoms with Gasteiger partial charge in [0, 0.05) is 154 Å². The number of fused-ring (bicyclic) bond motifs is 6. The second kappa shape index (κ2) is 50.1. The number of nitrogen functional groups attached to an aromatic ring is 2. The van der Waals surface area contributed by atoms with Crippen molar-refractivity contribution in [1.82, 2.24) is 65.1 Å². The molecule has 10 heterocycles. The highest BCUT2D eigenvalue weighted by molar-refractivity contribution is 6.39. The number of aliphatic hydroxyl groups is 2. The highest BCUT2D eigenvalue weighted by Crippen LogP contribution is 2.41. The van der Waals surface area contributed by atoms with Gasteiger partial charge in [0.15, 0.2) is 17.0 Å². The Morgan fingerprint density at radius 1 is 0.681 bits per heavy atom. The zero-order valence-electron chi connectivity index (χ0n) is 81.2. The molecule has 748 valence electrons. The van der Waals surface area contributed by atoms with Gasteiger partial charge in [-0.15, -0.1) is 0 Å². The van der Waals surface area contributed by atoms with Gasteiger partial charge in [-0.3, -0.25) is 24.0 Å². The highest BCUT2D eigenvalue weighted by Gasteiger charge is 2.53. The van der Waals surface area contributed by atoms with E-state index in [0.29, 0.717) is 212 Å². The summed E-state index contributed by atoms with van der Waals surface area (Å²) in [5.74, 6) is -6.44. The summed E-state index contributed by atoms with van der Waals surface area (Å²) in [5.41, 5.74) is 21.0. The van der Waals surface area contributed by atoms with Crippen molar-refractivity contribution < 1.29 is 100 Å². The molecule has 16 atom stereocenters. The molecule has 5 aromatic heterocycles. The maximum atomic E-state index is 15.0. The van der Waals surface area contributed by atoms with Crippen molar-refractivity contribution in [2.24, 2.45) is 35.5 Å². The first-order chi connectivity index (χ1) is 66.6. The van der Waals surface area contributed by atoms with Gasteiger partial charge in [0.2, 0.25) is 23.6 Å². The number of cyclic esters (lactones) is 1. The van der Waals surface area contributed by atoms with Crippen LogP contribution in [-0.2, 0) is 102 Å². The molecule has 0 radical (unpaired) electrons. The summed E-state index contributed by atoms with van der Waals surface area (Å²) in [5, 5.41) is 35.3. The lowest BCUT2D eigenvalue weighted by molar-refractivity contribution is -0.265. The van der Waals surface area contributed by atoms with Crippen LogP contribution in [-0.4, -0.2) is 294 Å². The van der Waals surface area contributed by atoms with Crippen molar-refractivity contribution in [2.45, 2.75) is 219 Å². The number of carbonyl (C=O) groups is 7. The molecule has 6 aliphatic rings. The molecule has 1 aliphatic carbocycles. The van der Waals surface area contributed by atoms with Crippen LogP contribution < -0.4 is 31.9 Å². The number of piperazine rings is 1. The van der Waals surface area contributed by atoms with Gasteiger partial charge in [0.1, 0.15) is 53.8 Å². The summed E-state index contributed by atoms with van der Waals surface area (Å²) in [4.78, 5) is 137. The van der Waals surface area contributed by atoms with Gasteiger partial charge >= 0.3 is 12.1 Å². The summed E-state index contributed by atoms with van der Waals surface area (Å²) in [6, 6.07) is 10.7. The Bertz CT molecular complexity index is 5380. The quantitative estimate of drug-likeness (QED) is 0.0102. The maximum absolute atomic E-state index is 15.0. The van der Waals surface area contributed by atoms with E-state index >= 15 is 0 Å². The largest absolute Gasteiger partial charge is 0.460 e. The van der Waals surface area contributed by atoms with Crippen LogP contribution >= 0.6 is 0 Å². The minimum atomic E-state index is -2.47. The maximum Gasteiger partial charge on any atom is 0.407 e. The van der Waals surface area contributed by atoms with Crippen LogP contribution in [0.15, 0.2) is 120 Å². The number of alkyl carbamates (subject to hydrolysis) is 1. The van der Waals surface area contributed by atoms with Gasteiger partial charge in [0.05, 0.1) is 101 Å². The average Bonchev–Trinajstić information content (AvgIpc) is 1.62. The number of allylic oxidation sites excluding steroid dienone is 5. The van der Waals surface area contributed by atoms with Crippen molar-refractivity contribution in [3.05, 3.63) is 143 Å². The van der Waals surface area contributed by atoms with E-state index in [2.05, 4.69) is 63.7 Å². The molecule has 1 saturated carbocycles. The predicted octanol–water partition coefficient (Wildman–Crippen LogP) is 9.40. The molecule has 8 N–H and O–H groups in total. The van der Waals surface area contributed by atoms with E-state index in [-0.39, 0.29) is 93.5 Å². The summed E-state index contributed by atoms with van der Waals surface area (Å²) in [6.07, 6.45) is 18.9. The standard InChI is InChI=1S/C100H137N17O21/c1-61-17-13-12-14-18-62(2)80(127-8)51-75-25-20-67(7)100(126,138-75)90(121)94(123)116-31-16-15-19-77(116)95(124)135-82(52-81(128-9)63(3)46-66(6)88(120)89(130-11)87(119)65(5)45-61)64(4)47-68-22-26-79(83(49-68)129-10)137-99(125)108-55-70-53-104-97(105-54-70)113-33-35-114(36-34-113)98-106-56-74(57-107-98)93(122)103-30-38-132-40-42-134-44-43-133-41-39-131-37-29-84(118)115-32-28-71-48-69(21-23-73(71)59-115)58-117-92-85(91(101)109-60-110-92)86(112-117)72-24-27-78-76(50-72)111-96(102)136-78/h12-14,17-18,21,23-24,27,46,48,50,53-54,56-57,60-61,63-65,67-68,75,77,79-83,88-89,120,126H,15-16,19-20,22,25-26,28-45,47,49,51-52,55,58-59H2,1-11H3,(H2,102,111)(H,103,122)(H,108,125)(H2,101,109,110)/b14-12+,17-13+,62-18+,66-46+/t61-,63-,64-,65-,67-,68+,75+,77+,79-,80?,81-,82+,83-,88-,89+,100-/m1/s1. The number of carbonyl (C=O) groups excluding carboxylic acids is 7. The Labute approximate surface area is 805 Å². The molecule has 0 spiro atoms. The lowest BCUT2D eigenvalue weighted by atomic mass is 9.78. The third-order valence-corrected chi connectivity index (χ3v) is 27.4. The Hall–Kier alpha value is -11.2. The summed E-state index contributed by atoms with van der Waals surface area (Å²) in [6.45, 7) is 20.1. The number of benzene rings is 2. The molecule has 2 aromatic carbocycles. The molecule has 1 unspecified atom stereocenters. The fourth-order valence-corrected chi connectivity index (χ4v) is 19.3. The Balaban J connectivity index is 0.497. The minimum Gasteiger partial charge on any atom is -0.460 e. The smallest absolute Gasteiger partial charge is 0.407 e. The number of aromatic nitrogens is 9. The number of methoxy groups -OCH3 is 4. The Kier molecular flexibility index (Phi) is 37.8. The first-order valence-electron chi connectivity index (χ1n) is 48.3. The van der Waals surface area contributed by atoms with E-state index in [0.717, 1.165) is 28.7 Å². The lowest BCUT2D eigenvalue weighted by Crippen LogP contribution is -2.61. The van der Waals surface area contributed by atoms with Crippen LogP contribution in [0.1, 0.15) is 165 Å². The molecule has 4 fully saturated rings. The number of oxazole rings is 1. The third kappa shape index (κ3) is 27.3. The molecular formula is C100H137N17O21. The van der Waals surface area contributed by atoms with Gasteiger partial charge in [-0.2, -0.15) is 10.1 Å². The number of Topliss-reactive ketones (excluding diaryl/α,β-unsaturated/α-hetero) is 2. The first-order valence-corrected chi connectivity index (χ1v) is 48.3. The molecule has 7 aromatic rings. The number of amides is 4. The zero-order chi connectivity index (χ0) is 98.1. The van der Waals surface area contributed by atoms with Crippen molar-refractivity contribution in [2.75, 3.05) is 148 Å². The van der Waals surface area contributed by atoms with Crippen LogP contribution in [0, 0.1) is 35.5 Å². The second-order valence-corrected chi connectivity index (χ2v) is 37.2. The molecule has 4 amide bonds. The first kappa shape index (κ1) is 104. The average molecular weight is 1910 g/mol. The fraction of sp³-hybridized carbons (Fsp3) is 0.590. The molecule has 13 rings (SSSR count). The van der Waals surface area contributed by atoms with Crippen LogP contribution in [0.3, 0.4) is 0 Å². The minimum absolute atomic E-state index is 0.00101. The number of nitrogens with zero attached hydrogens (tertiary/aromatic N) is 13. The molecule has 5 aliphatic heterocycles. The van der Waals surface area contributed by atoms with E-state index in [1.807, 2.05) is 103 Å². The second-order valence-electron chi connectivity index (χ2n) is 37.2. The van der Waals surface area contributed by atoms with Crippen molar-refractivity contribution in [3.63, 3.8) is 0 Å². The van der Waals surface area contributed by atoms with Gasteiger partial charge < -0.3 is 108 Å². The zero-order valence-corrected chi connectivity index (χ0v) is 81.2. The number of hydrogen-bond acceptors (Lipinski definition) is 33. The highest BCUT2D eigenvalue weighted by atomic mass is 16.6. The van der Waals surface area contributed by atoms with Gasteiger partial charge in [-0.1, -0.05) is 89.3 Å². The molecule has 38 nitrogen and oxygen atoms in total. The van der Waals surface area contributed by atoms with Crippen LogP contribution in [0.2, 0.25) is 0 Å². The van der Waals surface area contributed by atoms with Crippen molar-refractivity contribution in [1.29, 1.82) is 0 Å². The monoisotopic (exact) mass is 1910 g/mol. The molecule has 2 bridgehead atoms. The third-order valence-electron chi connectivity index (χ3n) is 27.4. The molecular weight excluding hydrogens is 1780 g/mol. The van der Waals surface area contributed by atoms with E-state index in [9.17, 15) is 43.8 Å². The van der Waals surface area contributed by atoms with E-state index in [4.69, 9.17) is 73.1 Å². The lowest BCUT2D eigenvalue weighted by Gasteiger charge is -2.43. The van der Waals surface area contributed by atoms with E-state index in [1.165, 1.54) is 36.3 Å². The van der Waals surface area contributed by atoms with Gasteiger partial charge in [0.25, 0.3) is 23.6 Å². The number of hydrogen-bond donors (Lipinski definition) is 6. The van der Waals surface area contributed by atoms with Gasteiger partial charge in [-0.05, 0) is 148 Å². The molecule has 138 heavy (non-hydrogen) atoms. The predicted molar refractivity (Wildman–Crippen MR) is 513 cm³/mol. The Morgan fingerprint density at radius 3 is 2.09 bits per heavy atom. The SMILES string of the molecule is COC1C[C@@H]2CC[C@@H](C)[C@@](O)(O2)C(=O)C(=O)N2CCCC[C@H]2C(=O)O[C@H]([C@H](C)C[C@@H]2CC[C@@H](OC(=O)NCc3cnc(N4CCN(c5ncc(C(=O)NCCOCCOCCOCCOCCC(=O)N6CCc7cc(Cn8nc(-c9ccc%10oc(N)nc%10c9)c9c(N)ncnc98)ccc7C6)cn5)CC4)nc3)[C@H](OC)C2)C[C@@H](OC)[C@H](C)/C=C(\C)[C@@H](O)[C@@H](OC)C(=O)[C@H](C)C[C@H](C)/C=C/C=C/C=C/1C. The van der Waals surface area contributed by atoms with Crippen LogP contribution in [0.25, 0.3) is 33.4 Å². The van der Waals surface area contributed by atoms with Crippen LogP contribution in [0.4, 0.5) is 28.5 Å². The fourth-order valence-electron chi connectivity index (χ4n) is 19.3. The number of ether oxygens (including phenoxy) is 11. The number of nitrogens with one attached hydrogen (secondary N) is 2. The topological polar surface area (TPSA) is 472 Å². The van der Waals surface area contributed by atoms with Crippen LogP contribution in [0.5, 0.6) is 0 Å². The van der Waals surface area contributed by atoms with E-state index < -0.39 is 102 Å². The number of anilines is 4. The summed E-state index contributed by atoms with van der Waals surface area (Å²) in [7, 11) is 6.14. The number of nitrogens with two attached hydrogens (primary N) is 2.